The maximum atomic E-state index is 12.3. The molecule has 0 bridgehead atoms. The molecular formula is C20H16N2O2. The van der Waals surface area contributed by atoms with E-state index in [0.29, 0.717) is 11.4 Å². The standard InChI is InChI=1S/C20H16N2O2/c1-3-12-24-18-10-8-16(9-11-18)13-17(14-21)20(23)22-19-7-5-4-6-15(19)2/h1,4-11,13H,12H2,2H3,(H,22,23)/b17-13-. The number of carbonyl (C=O) groups is 1. The van der Waals surface area contributed by atoms with Gasteiger partial charge in [0.05, 0.1) is 0 Å². The van der Waals surface area contributed by atoms with Crippen LogP contribution in [0.3, 0.4) is 0 Å². The number of benzene rings is 2. The molecule has 4 heteroatoms. The number of carbonyl (C=O) groups excluding carboxylic acids is 1. The molecule has 0 saturated carbocycles. The lowest BCUT2D eigenvalue weighted by Crippen LogP contribution is -2.14. The van der Waals surface area contributed by atoms with Crippen LogP contribution in [0.5, 0.6) is 5.75 Å². The van der Waals surface area contributed by atoms with Gasteiger partial charge in [0.25, 0.3) is 5.91 Å². The Morgan fingerprint density at radius 3 is 2.58 bits per heavy atom. The molecule has 118 valence electrons. The lowest BCUT2D eigenvalue weighted by Gasteiger charge is -2.07. The topological polar surface area (TPSA) is 62.1 Å². The number of nitriles is 1. The highest BCUT2D eigenvalue weighted by Gasteiger charge is 2.10. The van der Waals surface area contributed by atoms with E-state index < -0.39 is 5.91 Å². The number of nitrogens with zero attached hydrogens (tertiary/aromatic N) is 1. The first-order chi connectivity index (χ1) is 11.6. The number of terminal acetylenes is 1. The van der Waals surface area contributed by atoms with Gasteiger partial charge in [-0.2, -0.15) is 5.26 Å². The molecule has 0 unspecified atom stereocenters. The molecule has 2 aromatic carbocycles. The Bertz CT molecular complexity index is 837. The summed E-state index contributed by atoms with van der Waals surface area (Å²) in [6.45, 7) is 2.08. The summed E-state index contributed by atoms with van der Waals surface area (Å²) in [5.41, 5.74) is 2.36. The minimum Gasteiger partial charge on any atom is -0.481 e. The minimum atomic E-state index is -0.445. The summed E-state index contributed by atoms with van der Waals surface area (Å²) in [7, 11) is 0. The van der Waals surface area contributed by atoms with Gasteiger partial charge in [-0.15, -0.1) is 6.42 Å². The van der Waals surface area contributed by atoms with Gasteiger partial charge < -0.3 is 10.1 Å². The minimum absolute atomic E-state index is 0.0237. The predicted molar refractivity (Wildman–Crippen MR) is 94.2 cm³/mol. The number of aryl methyl sites for hydroxylation is 1. The molecule has 2 aromatic rings. The molecule has 2 rings (SSSR count). The van der Waals surface area contributed by atoms with Crippen LogP contribution in [-0.4, -0.2) is 12.5 Å². The van der Waals surface area contributed by atoms with Gasteiger partial charge in [-0.05, 0) is 42.3 Å². The summed E-state index contributed by atoms with van der Waals surface area (Å²) in [6.07, 6.45) is 6.66. The molecule has 0 aromatic heterocycles. The molecule has 0 radical (unpaired) electrons. The smallest absolute Gasteiger partial charge is 0.266 e. The van der Waals surface area contributed by atoms with E-state index in [1.807, 2.05) is 31.2 Å². The highest BCUT2D eigenvalue weighted by Crippen LogP contribution is 2.17. The maximum Gasteiger partial charge on any atom is 0.266 e. The molecule has 4 nitrogen and oxygen atoms in total. The van der Waals surface area contributed by atoms with Gasteiger partial charge in [-0.3, -0.25) is 4.79 Å². The van der Waals surface area contributed by atoms with Gasteiger partial charge in [-0.1, -0.05) is 36.3 Å². The molecule has 0 aliphatic carbocycles. The van der Waals surface area contributed by atoms with Gasteiger partial charge >= 0.3 is 0 Å². The van der Waals surface area contributed by atoms with Gasteiger partial charge in [0.2, 0.25) is 0 Å². The van der Waals surface area contributed by atoms with Crippen LogP contribution < -0.4 is 10.1 Å². The van der Waals surface area contributed by atoms with Crippen molar-refractivity contribution in [3.8, 4) is 24.2 Å². The summed E-state index contributed by atoms with van der Waals surface area (Å²) in [4.78, 5) is 12.3. The quantitative estimate of drug-likeness (QED) is 0.521. The first-order valence-electron chi connectivity index (χ1n) is 7.29. The molecule has 0 aliphatic rings. The Morgan fingerprint density at radius 1 is 1.25 bits per heavy atom. The van der Waals surface area contributed by atoms with E-state index >= 15 is 0 Å². The first kappa shape index (κ1) is 16.9. The molecule has 24 heavy (non-hydrogen) atoms. The number of anilines is 1. The van der Waals surface area contributed by atoms with Gasteiger partial charge in [-0.25, -0.2) is 0 Å². The summed E-state index contributed by atoms with van der Waals surface area (Å²) in [6, 6.07) is 16.3. The zero-order chi connectivity index (χ0) is 17.4. The Balaban J connectivity index is 2.14. The molecule has 0 spiro atoms. The highest BCUT2D eigenvalue weighted by molar-refractivity contribution is 6.09. The van der Waals surface area contributed by atoms with E-state index in [4.69, 9.17) is 11.2 Å². The first-order valence-corrected chi connectivity index (χ1v) is 7.29. The lowest BCUT2D eigenvalue weighted by atomic mass is 10.1. The number of para-hydroxylation sites is 1. The third-order valence-corrected chi connectivity index (χ3v) is 3.27. The number of hydrogen-bond donors (Lipinski definition) is 1. The van der Waals surface area contributed by atoms with Crippen LogP contribution in [0.25, 0.3) is 6.08 Å². The predicted octanol–water partition coefficient (Wildman–Crippen LogP) is 3.55. The molecule has 0 atom stereocenters. The van der Waals surface area contributed by atoms with E-state index in [-0.39, 0.29) is 12.2 Å². The summed E-state index contributed by atoms with van der Waals surface area (Å²) in [5.74, 6) is 2.57. The van der Waals surface area contributed by atoms with Crippen molar-refractivity contribution in [2.24, 2.45) is 0 Å². The van der Waals surface area contributed by atoms with Gasteiger partial charge in [0, 0.05) is 5.69 Å². The molecule has 0 fully saturated rings. The van der Waals surface area contributed by atoms with Gasteiger partial charge in [0.1, 0.15) is 24.0 Å². The van der Waals surface area contributed by atoms with Crippen molar-refractivity contribution in [3.63, 3.8) is 0 Å². The molecule has 1 N–H and O–H groups in total. The normalized spacial score (nSPS) is 10.4. The molecule has 0 saturated heterocycles. The molecule has 0 aliphatic heterocycles. The van der Waals surface area contributed by atoms with Crippen LogP contribution in [0.2, 0.25) is 0 Å². The van der Waals surface area contributed by atoms with E-state index in [9.17, 15) is 10.1 Å². The Labute approximate surface area is 141 Å². The van der Waals surface area contributed by atoms with E-state index in [1.54, 1.807) is 30.3 Å². The molecular weight excluding hydrogens is 300 g/mol. The van der Waals surface area contributed by atoms with Crippen LogP contribution in [0.15, 0.2) is 54.1 Å². The monoisotopic (exact) mass is 316 g/mol. The third kappa shape index (κ3) is 4.50. The lowest BCUT2D eigenvalue weighted by molar-refractivity contribution is -0.112. The van der Waals surface area contributed by atoms with Crippen LogP contribution >= 0.6 is 0 Å². The van der Waals surface area contributed by atoms with E-state index in [0.717, 1.165) is 11.1 Å². The second-order valence-electron chi connectivity index (χ2n) is 5.00. The Morgan fingerprint density at radius 2 is 1.96 bits per heavy atom. The van der Waals surface area contributed by atoms with Crippen LogP contribution in [-0.2, 0) is 4.79 Å². The SMILES string of the molecule is C#CCOc1ccc(/C=C(/C#N)C(=O)Nc2ccccc2C)cc1. The van der Waals surface area contributed by atoms with Gasteiger partial charge in [0.15, 0.2) is 0 Å². The molecule has 1 amide bonds. The van der Waals surface area contributed by atoms with Crippen molar-refractivity contribution < 1.29 is 9.53 Å². The Kier molecular flexibility index (Phi) is 5.77. The number of hydrogen-bond acceptors (Lipinski definition) is 3. The van der Waals surface area contributed by atoms with E-state index in [1.165, 1.54) is 6.08 Å². The zero-order valence-electron chi connectivity index (χ0n) is 13.2. The number of amides is 1. The second-order valence-corrected chi connectivity index (χ2v) is 5.00. The van der Waals surface area contributed by atoms with Crippen LogP contribution in [0.1, 0.15) is 11.1 Å². The maximum absolute atomic E-state index is 12.3. The zero-order valence-corrected chi connectivity index (χ0v) is 13.2. The summed E-state index contributed by atoms with van der Waals surface area (Å²) < 4.78 is 5.28. The van der Waals surface area contributed by atoms with Crippen molar-refractivity contribution in [1.29, 1.82) is 5.26 Å². The number of ether oxygens (including phenoxy) is 1. The number of rotatable bonds is 5. The Hall–Kier alpha value is -3.50. The second kappa shape index (κ2) is 8.22. The van der Waals surface area contributed by atoms with Crippen molar-refractivity contribution in [2.45, 2.75) is 6.92 Å². The fourth-order valence-electron chi connectivity index (χ4n) is 2.00. The third-order valence-electron chi connectivity index (χ3n) is 3.27. The largest absolute Gasteiger partial charge is 0.481 e. The van der Waals surface area contributed by atoms with Crippen molar-refractivity contribution in [1.82, 2.24) is 0 Å². The highest BCUT2D eigenvalue weighted by atomic mass is 16.5. The van der Waals surface area contributed by atoms with E-state index in [2.05, 4.69) is 11.2 Å². The average Bonchev–Trinajstić information content (AvgIpc) is 2.60. The fourth-order valence-corrected chi connectivity index (χ4v) is 2.00. The van der Waals surface area contributed by atoms with Crippen molar-refractivity contribution in [2.75, 3.05) is 11.9 Å². The fraction of sp³-hybridized carbons (Fsp3) is 0.100. The molecule has 0 heterocycles. The van der Waals surface area contributed by atoms with Crippen LogP contribution in [0.4, 0.5) is 5.69 Å². The van der Waals surface area contributed by atoms with Crippen molar-refractivity contribution >= 4 is 17.7 Å². The summed E-state index contributed by atoms with van der Waals surface area (Å²) in [5, 5.41) is 12.0. The van der Waals surface area contributed by atoms with Crippen molar-refractivity contribution in [3.05, 3.63) is 65.2 Å². The summed E-state index contributed by atoms with van der Waals surface area (Å²) >= 11 is 0. The average molecular weight is 316 g/mol. The number of nitrogens with one attached hydrogen (secondary N) is 1. The van der Waals surface area contributed by atoms with Crippen LogP contribution in [0, 0.1) is 30.6 Å².